The summed E-state index contributed by atoms with van der Waals surface area (Å²) in [6, 6.07) is 10.7. The molecule has 0 atom stereocenters. The fraction of sp³-hybridized carbons (Fsp3) is 0.100. The number of methoxy groups -OCH3 is 1. The number of carbonyl (C=O) groups excluding carboxylic acids is 1. The van der Waals surface area contributed by atoms with Gasteiger partial charge in [0.05, 0.1) is 12.8 Å². The molecule has 0 saturated carbocycles. The first-order valence-electron chi connectivity index (χ1n) is 7.86. The van der Waals surface area contributed by atoms with E-state index in [4.69, 9.17) is 4.74 Å². The molecule has 4 nitrogen and oxygen atoms in total. The second-order valence-electron chi connectivity index (χ2n) is 5.66. The second kappa shape index (κ2) is 7.31. The van der Waals surface area contributed by atoms with Crippen LogP contribution in [0.5, 0.6) is 5.75 Å². The Morgan fingerprint density at radius 2 is 1.96 bits per heavy atom. The Labute approximate surface area is 149 Å². The average molecular weight is 354 g/mol. The summed E-state index contributed by atoms with van der Waals surface area (Å²) >= 11 is 0. The van der Waals surface area contributed by atoms with Crippen LogP contribution in [0.3, 0.4) is 0 Å². The first-order valence-corrected chi connectivity index (χ1v) is 7.86. The van der Waals surface area contributed by atoms with E-state index in [9.17, 15) is 13.6 Å². The Kier molecular flexibility index (Phi) is 4.93. The van der Waals surface area contributed by atoms with Crippen molar-refractivity contribution in [2.75, 3.05) is 12.4 Å². The van der Waals surface area contributed by atoms with Gasteiger partial charge in [-0.2, -0.15) is 0 Å². The van der Waals surface area contributed by atoms with Gasteiger partial charge in [0.2, 0.25) is 5.91 Å². The molecule has 0 aliphatic carbocycles. The largest absolute Gasteiger partial charge is 0.496 e. The lowest BCUT2D eigenvalue weighted by molar-refractivity contribution is -0.111. The van der Waals surface area contributed by atoms with Crippen LogP contribution in [0.1, 0.15) is 11.3 Å². The minimum Gasteiger partial charge on any atom is -0.496 e. The molecule has 132 valence electrons. The van der Waals surface area contributed by atoms with Gasteiger partial charge >= 0.3 is 0 Å². The number of nitrogens with one attached hydrogen (secondary N) is 1. The van der Waals surface area contributed by atoms with Crippen molar-refractivity contribution in [3.8, 4) is 5.75 Å². The van der Waals surface area contributed by atoms with Crippen LogP contribution in [0.4, 0.5) is 14.5 Å². The number of fused-ring (bicyclic) bond motifs is 1. The summed E-state index contributed by atoms with van der Waals surface area (Å²) in [5, 5.41) is 2.85. The molecule has 0 spiro atoms. The molecular formula is C20H16F2N2O2. The van der Waals surface area contributed by atoms with Crippen molar-refractivity contribution in [1.29, 1.82) is 0 Å². The van der Waals surface area contributed by atoms with E-state index in [-0.39, 0.29) is 10.9 Å². The fourth-order valence-electron chi connectivity index (χ4n) is 2.63. The fourth-order valence-corrected chi connectivity index (χ4v) is 2.63. The Morgan fingerprint density at radius 1 is 1.19 bits per heavy atom. The Balaban J connectivity index is 1.91. The van der Waals surface area contributed by atoms with Gasteiger partial charge in [-0.1, -0.05) is 18.2 Å². The number of halogens is 2. The van der Waals surface area contributed by atoms with Crippen LogP contribution in [-0.2, 0) is 4.79 Å². The monoisotopic (exact) mass is 354 g/mol. The zero-order valence-corrected chi connectivity index (χ0v) is 14.2. The summed E-state index contributed by atoms with van der Waals surface area (Å²) in [5.74, 6) is -1.32. The number of rotatable bonds is 4. The minimum atomic E-state index is -0.774. The molecule has 0 aliphatic heterocycles. The van der Waals surface area contributed by atoms with Crippen molar-refractivity contribution in [3.05, 3.63) is 71.4 Å². The van der Waals surface area contributed by atoms with E-state index in [0.717, 1.165) is 17.7 Å². The summed E-state index contributed by atoms with van der Waals surface area (Å²) in [5.41, 5.74) is 1.54. The highest BCUT2D eigenvalue weighted by atomic mass is 19.1. The van der Waals surface area contributed by atoms with E-state index in [1.165, 1.54) is 6.08 Å². The highest BCUT2D eigenvalue weighted by molar-refractivity contribution is 6.07. The van der Waals surface area contributed by atoms with Crippen molar-refractivity contribution in [3.63, 3.8) is 0 Å². The van der Waals surface area contributed by atoms with E-state index >= 15 is 0 Å². The van der Waals surface area contributed by atoms with Gasteiger partial charge in [0.15, 0.2) is 5.82 Å². The maximum atomic E-state index is 14.0. The quantitative estimate of drug-likeness (QED) is 0.703. The van der Waals surface area contributed by atoms with E-state index in [0.29, 0.717) is 17.1 Å². The lowest BCUT2D eigenvalue weighted by Crippen LogP contribution is -2.09. The number of amides is 1. The van der Waals surface area contributed by atoms with Crippen molar-refractivity contribution in [2.24, 2.45) is 0 Å². The van der Waals surface area contributed by atoms with E-state index < -0.39 is 17.5 Å². The van der Waals surface area contributed by atoms with Gasteiger partial charge in [0.1, 0.15) is 17.1 Å². The van der Waals surface area contributed by atoms with Gasteiger partial charge < -0.3 is 10.1 Å². The molecule has 0 aliphatic rings. The second-order valence-corrected chi connectivity index (χ2v) is 5.66. The summed E-state index contributed by atoms with van der Waals surface area (Å²) in [4.78, 5) is 16.3. The molecule has 2 aromatic carbocycles. The molecule has 0 bridgehead atoms. The first-order chi connectivity index (χ1) is 12.5. The number of para-hydroxylation sites is 1. The number of anilines is 1. The van der Waals surface area contributed by atoms with Gasteiger partial charge in [-0.3, -0.25) is 4.79 Å². The molecule has 1 heterocycles. The topological polar surface area (TPSA) is 51.2 Å². The molecule has 1 amide bonds. The third-order valence-electron chi connectivity index (χ3n) is 3.77. The third kappa shape index (κ3) is 3.69. The van der Waals surface area contributed by atoms with Gasteiger partial charge in [0.25, 0.3) is 0 Å². The molecule has 0 saturated heterocycles. The van der Waals surface area contributed by atoms with Crippen LogP contribution in [0.2, 0.25) is 0 Å². The number of nitrogens with zero attached hydrogens (tertiary/aromatic N) is 1. The molecule has 3 rings (SSSR count). The SMILES string of the molecule is COc1ccccc1C=CC(=O)Nc1cc(C)nc2c(F)cc(F)cc12. The lowest BCUT2D eigenvalue weighted by atomic mass is 10.1. The molecule has 1 N–H and O–H groups in total. The molecule has 3 aromatic rings. The molecule has 0 fully saturated rings. The highest BCUT2D eigenvalue weighted by Crippen LogP contribution is 2.26. The maximum Gasteiger partial charge on any atom is 0.248 e. The normalized spacial score (nSPS) is 11.1. The number of carbonyl (C=O) groups is 1. The summed E-state index contributed by atoms with van der Waals surface area (Å²) in [7, 11) is 1.54. The van der Waals surface area contributed by atoms with E-state index in [1.807, 2.05) is 12.1 Å². The number of hydrogen-bond acceptors (Lipinski definition) is 3. The molecule has 26 heavy (non-hydrogen) atoms. The van der Waals surface area contributed by atoms with Gasteiger partial charge in [-0.15, -0.1) is 0 Å². The molecule has 6 heteroatoms. The van der Waals surface area contributed by atoms with E-state index in [1.54, 1.807) is 38.3 Å². The van der Waals surface area contributed by atoms with Gasteiger partial charge in [-0.05, 0) is 31.2 Å². The van der Waals surface area contributed by atoms with Crippen LogP contribution in [0.15, 0.2) is 48.5 Å². The number of benzene rings is 2. The number of hydrogen-bond donors (Lipinski definition) is 1. The summed E-state index contributed by atoms with van der Waals surface area (Å²) in [6.45, 7) is 1.67. The minimum absolute atomic E-state index is 0.00964. The van der Waals surface area contributed by atoms with Crippen molar-refractivity contribution < 1.29 is 18.3 Å². The number of ether oxygens (including phenoxy) is 1. The smallest absolute Gasteiger partial charge is 0.248 e. The van der Waals surface area contributed by atoms with Crippen molar-refractivity contribution in [2.45, 2.75) is 6.92 Å². The van der Waals surface area contributed by atoms with Crippen LogP contribution < -0.4 is 10.1 Å². The van der Waals surface area contributed by atoms with Crippen LogP contribution in [0, 0.1) is 18.6 Å². The Morgan fingerprint density at radius 3 is 2.73 bits per heavy atom. The molecule has 1 aromatic heterocycles. The third-order valence-corrected chi connectivity index (χ3v) is 3.77. The van der Waals surface area contributed by atoms with Crippen molar-refractivity contribution in [1.82, 2.24) is 4.98 Å². The van der Waals surface area contributed by atoms with Gasteiger partial charge in [-0.25, -0.2) is 13.8 Å². The zero-order chi connectivity index (χ0) is 18.7. The molecule has 0 unspecified atom stereocenters. The number of aryl methyl sites for hydroxylation is 1. The molecule has 0 radical (unpaired) electrons. The predicted octanol–water partition coefficient (Wildman–Crippen LogP) is 4.48. The predicted molar refractivity (Wildman–Crippen MR) is 97.1 cm³/mol. The maximum absolute atomic E-state index is 14.0. The first kappa shape index (κ1) is 17.5. The summed E-state index contributed by atoms with van der Waals surface area (Å²) in [6.07, 6.45) is 2.93. The average Bonchev–Trinajstić information content (AvgIpc) is 2.61. The number of aromatic nitrogens is 1. The van der Waals surface area contributed by atoms with Crippen molar-refractivity contribution >= 4 is 28.6 Å². The Bertz CT molecular complexity index is 1020. The molecular weight excluding hydrogens is 338 g/mol. The van der Waals surface area contributed by atoms with Crippen LogP contribution >= 0.6 is 0 Å². The standard InChI is InChI=1S/C20H16F2N2O2/c1-12-9-17(15-10-14(21)11-16(22)20(15)23-12)24-19(25)8-7-13-5-3-4-6-18(13)26-2/h3-11H,1-2H3,(H,23,24,25). The summed E-state index contributed by atoms with van der Waals surface area (Å²) < 4.78 is 32.7. The number of pyridine rings is 1. The lowest BCUT2D eigenvalue weighted by Gasteiger charge is -2.09. The van der Waals surface area contributed by atoms with Gasteiger partial charge in [0, 0.05) is 28.8 Å². The highest BCUT2D eigenvalue weighted by Gasteiger charge is 2.12. The zero-order valence-electron chi connectivity index (χ0n) is 14.2. The van der Waals surface area contributed by atoms with Crippen LogP contribution in [-0.4, -0.2) is 18.0 Å². The van der Waals surface area contributed by atoms with Crippen LogP contribution in [0.25, 0.3) is 17.0 Å². The Hall–Kier alpha value is -3.28. The van der Waals surface area contributed by atoms with E-state index in [2.05, 4.69) is 10.3 Å².